The van der Waals surface area contributed by atoms with Crippen molar-refractivity contribution < 1.29 is 9.63 Å². The summed E-state index contributed by atoms with van der Waals surface area (Å²) >= 11 is 0. The molecule has 1 saturated heterocycles. The zero-order valence-electron chi connectivity index (χ0n) is 9.82. The number of nitrogens with zero attached hydrogens (tertiary/aromatic N) is 3. The highest BCUT2D eigenvalue weighted by Crippen LogP contribution is 2.12. The Morgan fingerprint density at radius 3 is 2.83 bits per heavy atom. The van der Waals surface area contributed by atoms with Gasteiger partial charge in [0, 0.05) is 6.20 Å². The molecule has 1 fully saturated rings. The summed E-state index contributed by atoms with van der Waals surface area (Å²) in [4.78, 5) is 17.3. The molecule has 1 amide bonds. The lowest BCUT2D eigenvalue weighted by Crippen LogP contribution is -2.26. The van der Waals surface area contributed by atoms with Crippen LogP contribution >= 0.6 is 0 Å². The minimum atomic E-state index is -0.130. The summed E-state index contributed by atoms with van der Waals surface area (Å²) < 4.78 is 1.68. The van der Waals surface area contributed by atoms with E-state index in [0.29, 0.717) is 18.7 Å². The van der Waals surface area contributed by atoms with Crippen LogP contribution < -0.4 is 0 Å². The summed E-state index contributed by atoms with van der Waals surface area (Å²) in [6.07, 6.45) is 4.18. The Kier molecular flexibility index (Phi) is 2.82. The van der Waals surface area contributed by atoms with Crippen LogP contribution in [0.2, 0.25) is 0 Å². The van der Waals surface area contributed by atoms with Gasteiger partial charge in [-0.2, -0.15) is 5.10 Å². The van der Waals surface area contributed by atoms with Gasteiger partial charge in [-0.3, -0.25) is 9.63 Å². The fraction of sp³-hybridized carbons (Fsp3) is 0.231. The molecule has 1 aromatic heterocycles. The summed E-state index contributed by atoms with van der Waals surface area (Å²) in [5, 5.41) is 5.59. The van der Waals surface area contributed by atoms with Crippen molar-refractivity contribution in [2.24, 2.45) is 0 Å². The van der Waals surface area contributed by atoms with E-state index in [9.17, 15) is 4.79 Å². The molecule has 3 rings (SSSR count). The first kappa shape index (κ1) is 11.0. The third-order valence-corrected chi connectivity index (χ3v) is 2.83. The molecule has 1 aromatic carbocycles. The first-order valence-electron chi connectivity index (χ1n) is 5.89. The predicted molar refractivity (Wildman–Crippen MR) is 65.2 cm³/mol. The van der Waals surface area contributed by atoms with Gasteiger partial charge in [0.25, 0.3) is 5.91 Å². The van der Waals surface area contributed by atoms with E-state index in [1.807, 2.05) is 30.3 Å². The van der Waals surface area contributed by atoms with Gasteiger partial charge in [-0.25, -0.2) is 9.75 Å². The lowest BCUT2D eigenvalue weighted by molar-refractivity contribution is -0.0768. The molecule has 0 N–H and O–H groups in total. The Balaban J connectivity index is 1.83. The molecule has 0 atom stereocenters. The van der Waals surface area contributed by atoms with Crippen molar-refractivity contribution in [1.82, 2.24) is 14.8 Å². The molecule has 1 aliphatic heterocycles. The van der Waals surface area contributed by atoms with Crippen molar-refractivity contribution in [1.29, 1.82) is 0 Å². The van der Waals surface area contributed by atoms with Crippen LogP contribution in [0.3, 0.4) is 0 Å². The number of aromatic nitrogens is 2. The van der Waals surface area contributed by atoms with E-state index in [0.717, 1.165) is 12.1 Å². The van der Waals surface area contributed by atoms with Gasteiger partial charge in [-0.05, 0) is 18.6 Å². The number of hydrogen-bond acceptors (Lipinski definition) is 3. The van der Waals surface area contributed by atoms with E-state index >= 15 is 0 Å². The SMILES string of the molecule is O=C(c1cnn(-c2ccccc2)c1)N1CCCO1. The minimum Gasteiger partial charge on any atom is -0.271 e. The van der Waals surface area contributed by atoms with Crippen LogP contribution in [0.4, 0.5) is 0 Å². The Hall–Kier alpha value is -2.14. The average molecular weight is 243 g/mol. The van der Waals surface area contributed by atoms with Crippen molar-refractivity contribution in [2.45, 2.75) is 6.42 Å². The van der Waals surface area contributed by atoms with Crippen molar-refractivity contribution in [3.63, 3.8) is 0 Å². The van der Waals surface area contributed by atoms with E-state index in [-0.39, 0.29) is 5.91 Å². The molecule has 92 valence electrons. The predicted octanol–water partition coefficient (Wildman–Crippen LogP) is 1.65. The molecule has 5 nitrogen and oxygen atoms in total. The first-order chi connectivity index (χ1) is 8.84. The Morgan fingerprint density at radius 1 is 1.28 bits per heavy atom. The summed E-state index contributed by atoms with van der Waals surface area (Å²) in [6, 6.07) is 9.68. The van der Waals surface area contributed by atoms with Gasteiger partial charge < -0.3 is 0 Å². The summed E-state index contributed by atoms with van der Waals surface area (Å²) in [5.74, 6) is -0.130. The molecule has 0 bridgehead atoms. The lowest BCUT2D eigenvalue weighted by Gasteiger charge is -2.11. The third-order valence-electron chi connectivity index (χ3n) is 2.83. The van der Waals surface area contributed by atoms with Crippen LogP contribution in [-0.4, -0.2) is 33.9 Å². The molecule has 2 heterocycles. The summed E-state index contributed by atoms with van der Waals surface area (Å²) in [5.41, 5.74) is 1.47. The highest BCUT2D eigenvalue weighted by Gasteiger charge is 2.22. The third kappa shape index (κ3) is 2.00. The van der Waals surface area contributed by atoms with E-state index < -0.39 is 0 Å². The number of hydrogen-bond donors (Lipinski definition) is 0. The largest absolute Gasteiger partial charge is 0.280 e. The van der Waals surface area contributed by atoms with Crippen molar-refractivity contribution in [2.75, 3.05) is 13.2 Å². The molecule has 0 spiro atoms. The topological polar surface area (TPSA) is 47.4 Å². The second-order valence-corrected chi connectivity index (χ2v) is 4.10. The summed E-state index contributed by atoms with van der Waals surface area (Å²) in [6.45, 7) is 1.26. The molecule has 5 heteroatoms. The quantitative estimate of drug-likeness (QED) is 0.805. The molecule has 1 aliphatic rings. The molecule has 2 aromatic rings. The Bertz CT molecular complexity index is 544. The van der Waals surface area contributed by atoms with Gasteiger partial charge in [0.1, 0.15) is 0 Å². The van der Waals surface area contributed by atoms with E-state index in [1.165, 1.54) is 5.06 Å². The fourth-order valence-corrected chi connectivity index (χ4v) is 1.91. The van der Waals surface area contributed by atoms with Crippen LogP contribution in [0.5, 0.6) is 0 Å². The Morgan fingerprint density at radius 2 is 2.11 bits per heavy atom. The molecule has 18 heavy (non-hydrogen) atoms. The zero-order chi connectivity index (χ0) is 12.4. The molecule has 0 unspecified atom stereocenters. The molecule has 0 saturated carbocycles. The number of carbonyl (C=O) groups excluding carboxylic acids is 1. The monoisotopic (exact) mass is 243 g/mol. The van der Waals surface area contributed by atoms with Crippen LogP contribution in [0, 0.1) is 0 Å². The second-order valence-electron chi connectivity index (χ2n) is 4.10. The maximum atomic E-state index is 12.0. The highest BCUT2D eigenvalue weighted by atomic mass is 16.7. The minimum absolute atomic E-state index is 0.130. The van der Waals surface area contributed by atoms with Crippen molar-refractivity contribution in [3.05, 3.63) is 48.3 Å². The van der Waals surface area contributed by atoms with Gasteiger partial charge in [0.15, 0.2) is 0 Å². The molecular weight excluding hydrogens is 230 g/mol. The van der Waals surface area contributed by atoms with Gasteiger partial charge >= 0.3 is 0 Å². The van der Waals surface area contributed by atoms with Gasteiger partial charge in [-0.15, -0.1) is 0 Å². The maximum Gasteiger partial charge on any atom is 0.280 e. The number of carbonyl (C=O) groups is 1. The lowest BCUT2D eigenvalue weighted by atomic mass is 10.3. The number of rotatable bonds is 2. The van der Waals surface area contributed by atoms with Crippen LogP contribution in [0.1, 0.15) is 16.8 Å². The number of benzene rings is 1. The number of para-hydroxylation sites is 1. The first-order valence-corrected chi connectivity index (χ1v) is 5.89. The smallest absolute Gasteiger partial charge is 0.271 e. The van der Waals surface area contributed by atoms with E-state index in [2.05, 4.69) is 5.10 Å². The summed E-state index contributed by atoms with van der Waals surface area (Å²) in [7, 11) is 0. The average Bonchev–Trinajstić information content (AvgIpc) is 3.10. The molecule has 0 radical (unpaired) electrons. The standard InChI is InChI=1S/C13H13N3O2/c17-13(16-7-4-8-18-16)11-9-14-15(10-11)12-5-2-1-3-6-12/h1-3,5-6,9-10H,4,7-8H2. The van der Waals surface area contributed by atoms with Gasteiger partial charge in [-0.1, -0.05) is 18.2 Å². The van der Waals surface area contributed by atoms with Crippen molar-refractivity contribution >= 4 is 5.91 Å². The van der Waals surface area contributed by atoms with Gasteiger partial charge in [0.05, 0.1) is 30.6 Å². The van der Waals surface area contributed by atoms with Crippen LogP contribution in [0.15, 0.2) is 42.7 Å². The molecular formula is C13H13N3O2. The van der Waals surface area contributed by atoms with Crippen molar-refractivity contribution in [3.8, 4) is 5.69 Å². The highest BCUT2D eigenvalue weighted by molar-refractivity contribution is 5.93. The zero-order valence-corrected chi connectivity index (χ0v) is 9.82. The maximum absolute atomic E-state index is 12.0. The Labute approximate surface area is 105 Å². The number of amides is 1. The van der Waals surface area contributed by atoms with Crippen LogP contribution in [-0.2, 0) is 4.84 Å². The fourth-order valence-electron chi connectivity index (χ4n) is 1.91. The van der Waals surface area contributed by atoms with Gasteiger partial charge in [0.2, 0.25) is 0 Å². The van der Waals surface area contributed by atoms with E-state index in [1.54, 1.807) is 17.1 Å². The normalized spacial score (nSPS) is 15.0. The number of hydroxylamine groups is 2. The molecule has 0 aliphatic carbocycles. The second kappa shape index (κ2) is 4.62. The van der Waals surface area contributed by atoms with Crippen LogP contribution in [0.25, 0.3) is 5.69 Å². The van der Waals surface area contributed by atoms with E-state index in [4.69, 9.17) is 4.84 Å².